The van der Waals surface area contributed by atoms with Crippen molar-refractivity contribution in [3.8, 4) is 0 Å². The summed E-state index contributed by atoms with van der Waals surface area (Å²) in [5.74, 6) is 0.493. The van der Waals surface area contributed by atoms with Gasteiger partial charge in [-0.3, -0.25) is 4.79 Å². The molecule has 0 rings (SSSR count). The van der Waals surface area contributed by atoms with Gasteiger partial charge in [0.15, 0.2) is 0 Å². The molecule has 0 fully saturated rings. The summed E-state index contributed by atoms with van der Waals surface area (Å²) in [4.78, 5) is 23.1. The van der Waals surface area contributed by atoms with E-state index in [1.807, 2.05) is 48.5 Å². The Labute approximate surface area is 135 Å². The number of rotatable bonds is 5. The molecule has 0 saturated heterocycles. The molecular formula is C17H33N3O2. The molecule has 0 radical (unpaired) electrons. The Kier molecular flexibility index (Phi) is 8.35. The number of hydrogen-bond acceptors (Lipinski definition) is 3. The molecule has 0 heterocycles. The lowest BCUT2D eigenvalue weighted by atomic mass is 10.2. The first-order valence-electron chi connectivity index (χ1n) is 8.00. The Hall–Kier alpha value is -1.39. The molecule has 0 aliphatic carbocycles. The van der Waals surface area contributed by atoms with E-state index in [9.17, 15) is 4.79 Å². The molecule has 0 aliphatic rings. The van der Waals surface area contributed by atoms with Crippen LogP contribution in [0.3, 0.4) is 0 Å². The standard InChI is InChI=1S/C17H33N3O2/c1-12(2)18-16(19-13(3)4)20(14(5)6)11-10-15(21)22-17(7,8)9/h12,14H,10-11H2,1-9H3. The van der Waals surface area contributed by atoms with Crippen molar-refractivity contribution in [1.29, 1.82) is 0 Å². The molecule has 0 spiro atoms. The maximum atomic E-state index is 11.9. The highest BCUT2D eigenvalue weighted by molar-refractivity contribution is 5.95. The number of guanidine groups is 1. The number of nitrogens with zero attached hydrogens (tertiary/aromatic N) is 3. The molecule has 0 N–H and O–H groups in total. The van der Waals surface area contributed by atoms with Crippen LogP contribution in [0.25, 0.3) is 0 Å². The summed E-state index contributed by atoms with van der Waals surface area (Å²) >= 11 is 0. The molecule has 0 aromatic rings. The molecular weight excluding hydrogens is 278 g/mol. The minimum absolute atomic E-state index is 0.154. The van der Waals surface area contributed by atoms with Crippen LogP contribution in [0.1, 0.15) is 68.7 Å². The van der Waals surface area contributed by atoms with E-state index in [0.717, 1.165) is 5.71 Å². The normalized spacial score (nSPS) is 12.6. The summed E-state index contributed by atoms with van der Waals surface area (Å²) < 4.78 is 5.37. The fourth-order valence-electron chi connectivity index (χ4n) is 1.79. The highest BCUT2D eigenvalue weighted by Crippen LogP contribution is 2.11. The molecule has 0 atom stereocenters. The smallest absolute Gasteiger partial charge is 0.308 e. The van der Waals surface area contributed by atoms with E-state index in [2.05, 4.69) is 28.7 Å². The summed E-state index contributed by atoms with van der Waals surface area (Å²) in [6, 6.07) is 0.365. The van der Waals surface area contributed by atoms with Gasteiger partial charge in [0.05, 0.1) is 6.42 Å². The zero-order valence-corrected chi connectivity index (χ0v) is 15.7. The average molecular weight is 311 g/mol. The predicted octanol–water partition coefficient (Wildman–Crippen LogP) is 3.67. The maximum Gasteiger partial charge on any atom is 0.308 e. The van der Waals surface area contributed by atoms with Gasteiger partial charge in [-0.2, -0.15) is 0 Å². The van der Waals surface area contributed by atoms with Crippen molar-refractivity contribution in [3.05, 3.63) is 0 Å². The predicted molar refractivity (Wildman–Crippen MR) is 93.7 cm³/mol. The van der Waals surface area contributed by atoms with Crippen molar-refractivity contribution in [2.75, 3.05) is 6.54 Å². The average Bonchev–Trinajstić information content (AvgIpc) is 2.23. The molecule has 0 aliphatic heterocycles. The lowest BCUT2D eigenvalue weighted by Crippen LogP contribution is -2.39. The quantitative estimate of drug-likeness (QED) is 0.442. The van der Waals surface area contributed by atoms with Gasteiger partial charge in [0.1, 0.15) is 5.60 Å². The number of hydrogen-bond donors (Lipinski definition) is 0. The highest BCUT2D eigenvalue weighted by atomic mass is 16.6. The maximum absolute atomic E-state index is 11.9. The monoisotopic (exact) mass is 311 g/mol. The minimum atomic E-state index is -0.452. The zero-order valence-electron chi connectivity index (χ0n) is 15.7. The first-order chi connectivity index (χ1) is 9.92. The second-order valence-electron chi connectivity index (χ2n) is 7.21. The summed E-state index contributed by atoms with van der Waals surface area (Å²) in [6.07, 6.45) is 0.324. The third-order valence-electron chi connectivity index (χ3n) is 2.55. The lowest BCUT2D eigenvalue weighted by molar-refractivity contribution is -0.155. The van der Waals surface area contributed by atoms with Gasteiger partial charge in [-0.25, -0.2) is 9.98 Å². The largest absolute Gasteiger partial charge is 0.460 e. The highest BCUT2D eigenvalue weighted by Gasteiger charge is 2.20. The van der Waals surface area contributed by atoms with Crippen LogP contribution < -0.4 is 0 Å². The van der Waals surface area contributed by atoms with Crippen molar-refractivity contribution < 1.29 is 9.53 Å². The van der Waals surface area contributed by atoms with Crippen LogP contribution >= 0.6 is 0 Å². The second-order valence-corrected chi connectivity index (χ2v) is 7.21. The summed E-state index contributed by atoms with van der Waals surface area (Å²) in [6.45, 7) is 18.3. The molecule has 128 valence electrons. The third-order valence-corrected chi connectivity index (χ3v) is 2.55. The Morgan fingerprint density at radius 3 is 2.05 bits per heavy atom. The van der Waals surface area contributed by atoms with Crippen LogP contribution in [0.4, 0.5) is 0 Å². The van der Waals surface area contributed by atoms with Gasteiger partial charge in [-0.05, 0) is 62.3 Å². The fourth-order valence-corrected chi connectivity index (χ4v) is 1.79. The van der Waals surface area contributed by atoms with E-state index in [1.54, 1.807) is 0 Å². The second kappa shape index (κ2) is 8.91. The van der Waals surface area contributed by atoms with Crippen molar-refractivity contribution >= 4 is 17.6 Å². The molecule has 0 saturated carbocycles. The van der Waals surface area contributed by atoms with Crippen LogP contribution in [-0.4, -0.2) is 46.8 Å². The first-order valence-corrected chi connectivity index (χ1v) is 8.00. The fraction of sp³-hybridized carbons (Fsp3) is 0.824. The topological polar surface area (TPSA) is 54.3 Å². The Bertz CT molecular complexity index is 414. The SMILES string of the molecule is CC(C)=NC(=NC(C)C)N(CCC(=O)OC(C)(C)C)C(C)C. The van der Waals surface area contributed by atoms with Crippen LogP contribution in [-0.2, 0) is 9.53 Å². The first kappa shape index (κ1) is 20.6. The number of ether oxygens (including phenoxy) is 1. The Morgan fingerprint density at radius 2 is 1.68 bits per heavy atom. The zero-order chi connectivity index (χ0) is 17.5. The summed E-state index contributed by atoms with van der Waals surface area (Å²) in [5.41, 5.74) is 0.495. The van der Waals surface area contributed by atoms with Crippen LogP contribution in [0.2, 0.25) is 0 Å². The number of carbonyl (C=O) groups excluding carboxylic acids is 1. The van der Waals surface area contributed by atoms with Gasteiger partial charge < -0.3 is 9.64 Å². The number of esters is 1. The van der Waals surface area contributed by atoms with E-state index in [1.165, 1.54) is 0 Å². The van der Waals surface area contributed by atoms with Crippen molar-refractivity contribution in [2.45, 2.75) is 86.4 Å². The molecule has 0 amide bonds. The molecule has 0 bridgehead atoms. The van der Waals surface area contributed by atoms with Gasteiger partial charge in [0.25, 0.3) is 0 Å². The third kappa shape index (κ3) is 9.53. The van der Waals surface area contributed by atoms with Gasteiger partial charge in [-0.1, -0.05) is 0 Å². The molecule has 22 heavy (non-hydrogen) atoms. The Balaban J connectivity index is 5.04. The van der Waals surface area contributed by atoms with Crippen LogP contribution in [0, 0.1) is 0 Å². The van der Waals surface area contributed by atoms with E-state index < -0.39 is 5.60 Å². The molecule has 0 aromatic carbocycles. The number of carbonyl (C=O) groups is 1. The van der Waals surface area contributed by atoms with Crippen molar-refractivity contribution in [1.82, 2.24) is 4.90 Å². The summed E-state index contributed by atoms with van der Waals surface area (Å²) in [7, 11) is 0. The van der Waals surface area contributed by atoms with Crippen LogP contribution in [0.15, 0.2) is 9.98 Å². The number of aliphatic imine (C=N–C) groups is 2. The van der Waals surface area contributed by atoms with Gasteiger partial charge in [-0.15, -0.1) is 0 Å². The molecule has 0 unspecified atom stereocenters. The van der Waals surface area contributed by atoms with Crippen LogP contribution in [0.5, 0.6) is 0 Å². The van der Waals surface area contributed by atoms with Gasteiger partial charge in [0.2, 0.25) is 5.96 Å². The van der Waals surface area contributed by atoms with Gasteiger partial charge in [0, 0.05) is 24.3 Å². The lowest BCUT2D eigenvalue weighted by Gasteiger charge is -2.29. The van der Waals surface area contributed by atoms with E-state index >= 15 is 0 Å². The van der Waals surface area contributed by atoms with E-state index in [4.69, 9.17) is 4.74 Å². The van der Waals surface area contributed by atoms with Crippen molar-refractivity contribution in [3.63, 3.8) is 0 Å². The van der Waals surface area contributed by atoms with Gasteiger partial charge >= 0.3 is 5.97 Å². The van der Waals surface area contributed by atoms with Crippen molar-refractivity contribution in [2.24, 2.45) is 9.98 Å². The van der Waals surface area contributed by atoms with E-state index in [0.29, 0.717) is 18.9 Å². The molecule has 5 heteroatoms. The summed E-state index contributed by atoms with van der Waals surface area (Å²) in [5, 5.41) is 0. The van der Waals surface area contributed by atoms with E-state index in [-0.39, 0.29) is 18.1 Å². The molecule has 5 nitrogen and oxygen atoms in total. The Morgan fingerprint density at radius 1 is 1.14 bits per heavy atom. The molecule has 0 aromatic heterocycles. The minimum Gasteiger partial charge on any atom is -0.460 e.